The number of fused-ring (bicyclic) bond motifs is 29. The number of pyridine rings is 4. The molecule has 2 atom stereocenters. The van der Waals surface area contributed by atoms with Crippen molar-refractivity contribution < 1.29 is 13.7 Å². The molecule has 0 saturated heterocycles. The molecule has 20 aromatic carbocycles. The lowest BCUT2D eigenvalue weighted by Crippen LogP contribution is -2.26. The minimum absolute atomic E-state index is 0.774. The van der Waals surface area contributed by atoms with Crippen LogP contribution < -0.4 is 47.7 Å². The van der Waals surface area contributed by atoms with Crippen molar-refractivity contribution in [2.45, 2.75) is 0 Å². The van der Waals surface area contributed by atoms with Gasteiger partial charge in [0, 0.05) is 97.8 Å². The van der Waals surface area contributed by atoms with Gasteiger partial charge in [-0.15, -0.1) is 0 Å². The summed E-state index contributed by atoms with van der Waals surface area (Å²) in [5, 5.41) is 27.6. The first kappa shape index (κ1) is 77.3. The molecule has 0 aliphatic heterocycles. The maximum absolute atomic E-state index is 16.9. The Morgan fingerprint density at radius 1 is 0.191 bits per heavy atom. The van der Waals surface area contributed by atoms with Crippen LogP contribution in [0.2, 0.25) is 0 Å². The number of aromatic nitrogens is 7. The lowest BCUT2D eigenvalue weighted by Gasteiger charge is -2.25. The van der Waals surface area contributed by atoms with Crippen molar-refractivity contribution in [2.75, 3.05) is 0 Å². The molecule has 0 spiro atoms. The van der Waals surface area contributed by atoms with Gasteiger partial charge in [0.2, 0.25) is 0 Å². The smallest absolute Gasteiger partial charge is 0.172 e. The summed E-state index contributed by atoms with van der Waals surface area (Å²) in [5.74, 6) is 0. The third kappa shape index (κ3) is 12.3. The fourth-order valence-electron chi connectivity index (χ4n) is 20.4. The highest BCUT2D eigenvalue weighted by Crippen LogP contribution is 2.52. The highest BCUT2D eigenvalue weighted by atomic mass is 31.2. The quantitative estimate of drug-likeness (QED) is 0.0761. The largest absolute Gasteiger partial charge is 0.309 e. The van der Waals surface area contributed by atoms with Gasteiger partial charge < -0.3 is 13.7 Å². The van der Waals surface area contributed by atoms with Gasteiger partial charge in [-0.3, -0.25) is 18.2 Å². The molecule has 0 radical (unpaired) electrons. The van der Waals surface area contributed by atoms with Crippen LogP contribution in [-0.2, 0) is 13.7 Å². The summed E-state index contributed by atoms with van der Waals surface area (Å²) >= 11 is 0. The molecule has 13 heteroatoms. The van der Waals surface area contributed by atoms with E-state index in [4.69, 9.17) is 15.0 Å². The predicted molar refractivity (Wildman–Crippen MR) is 552 cm³/mol. The van der Waals surface area contributed by atoms with E-state index < -0.39 is 21.4 Å². The Morgan fingerprint density at radius 2 is 0.550 bits per heavy atom. The summed E-state index contributed by atoms with van der Waals surface area (Å²) in [7, 11) is -10.1. The number of benzene rings is 20. The second-order valence-corrected chi connectivity index (χ2v) is 41.8. The molecule has 0 aliphatic carbocycles. The maximum atomic E-state index is 16.9. The SMILES string of the molecule is O=P(c1ccc2ccccc2c1)(c1ccc2ccccc2c1)c1c2ccccc2cc2c1c1ccccc1n1c3ccccc3nc21.O=P(c1ccccc1)(c1ccc(-c2ccccc2)cc1)c1cccc2c1c1cc3ccccc3cc1c1nc3ccccc3n21.O=P(c1ccccc1)(c1ccncc1)c1cccc2cc3c(cc12)c1ccccc1n1c2ccccc2nc31. The molecule has 0 amide bonds. The number of hydrogen-bond acceptors (Lipinski definition) is 7. The van der Waals surface area contributed by atoms with Crippen molar-refractivity contribution in [3.8, 4) is 11.1 Å². The van der Waals surface area contributed by atoms with Gasteiger partial charge >= 0.3 is 0 Å². The van der Waals surface area contributed by atoms with Crippen molar-refractivity contribution in [2.24, 2.45) is 0 Å². The number of rotatable bonds is 10. The molecule has 0 N–H and O–H groups in total. The maximum Gasteiger partial charge on any atom is 0.172 e. The summed E-state index contributed by atoms with van der Waals surface area (Å²) in [6, 6.07) is 154. The Labute approximate surface area is 752 Å². The molecule has 0 fully saturated rings. The van der Waals surface area contributed by atoms with Crippen LogP contribution in [0.3, 0.4) is 0 Å². The van der Waals surface area contributed by atoms with Crippen LogP contribution in [0, 0.1) is 0 Å². The molecule has 7 aromatic heterocycles. The summed E-state index contributed by atoms with van der Waals surface area (Å²) in [6.45, 7) is 0. The van der Waals surface area contributed by atoms with E-state index in [-0.39, 0.29) is 0 Å². The zero-order valence-corrected chi connectivity index (χ0v) is 73.3. The second kappa shape index (κ2) is 30.9. The molecule has 10 nitrogen and oxygen atoms in total. The number of imidazole rings is 3. The number of nitrogens with zero attached hydrogens (tertiary/aromatic N) is 7. The first-order valence-corrected chi connectivity index (χ1v) is 49.1. The highest BCUT2D eigenvalue weighted by Gasteiger charge is 2.38. The molecule has 0 bridgehead atoms. The molecule has 0 aliphatic rings. The van der Waals surface area contributed by atoms with Gasteiger partial charge in [-0.2, -0.15) is 0 Å². The topological polar surface area (TPSA) is 116 Å². The first-order valence-electron chi connectivity index (χ1n) is 44.0. The van der Waals surface area contributed by atoms with Crippen molar-refractivity contribution in [3.05, 3.63) is 461 Å². The molecule has 131 heavy (non-hydrogen) atoms. The van der Waals surface area contributed by atoms with E-state index in [2.05, 4.69) is 328 Å². The standard InChI is InChI=1S/C43H27N2OP.C41H27N2OP.C34H22N3OP/c46-47(33-23-21-28-11-1-3-13-30(28)25-33,34-24-22-29-12-2-4-14-31(29)26-34)42-35-16-6-5-15-32(35)27-37-41(42)36-17-7-9-19-39(36)45-40-20-10-8-18-38(40)44-43(37)45;44-45(32-16-5-2-6-17-32,33-24-22-29(23-25-33)28-12-3-1-4-13-28)39-21-11-20-38-40(39)34-26-30-14-7-8-15-31(30)27-35(34)41-42-36-18-9-10-19-37(36)43(38)41;38-39(24-10-2-1-3-11-24,25-17-19-35-20-18-25)33-16-8-9-23-21-29-28(22-27(23)33)26-12-4-6-14-31(26)37-32-15-7-5-13-30(32)36-34(29)37/h1-27H;1-27H;1-22H. The number of para-hydroxylation sites is 8. The van der Waals surface area contributed by atoms with Gasteiger partial charge in [-0.1, -0.05) is 340 Å². The molecule has 27 rings (SSSR count). The Morgan fingerprint density at radius 3 is 1.12 bits per heavy atom. The summed E-state index contributed by atoms with van der Waals surface area (Å²) < 4.78 is 55.0. The van der Waals surface area contributed by atoms with E-state index in [1.54, 1.807) is 12.4 Å². The average Bonchev–Trinajstić information content (AvgIpc) is 1.70. The van der Waals surface area contributed by atoms with Crippen LogP contribution in [-0.4, -0.2) is 33.1 Å². The lowest BCUT2D eigenvalue weighted by atomic mass is 10.0. The molecule has 27 aromatic rings. The van der Waals surface area contributed by atoms with E-state index in [0.717, 1.165) is 228 Å². The third-order valence-corrected chi connectivity index (χ3v) is 35.8. The predicted octanol–water partition coefficient (Wildman–Crippen LogP) is 26.1. The number of hydrogen-bond donors (Lipinski definition) is 0. The van der Waals surface area contributed by atoms with E-state index in [9.17, 15) is 0 Å². The van der Waals surface area contributed by atoms with Crippen LogP contribution in [0.25, 0.3) is 180 Å². The van der Waals surface area contributed by atoms with Crippen LogP contribution >= 0.6 is 21.4 Å². The fraction of sp³-hybridized carbons (Fsp3) is 0. The summed E-state index contributed by atoms with van der Waals surface area (Å²) in [4.78, 5) is 19.6. The van der Waals surface area contributed by atoms with Crippen molar-refractivity contribution in [1.82, 2.24) is 33.1 Å². The van der Waals surface area contributed by atoms with Gasteiger partial charge in [0.25, 0.3) is 0 Å². The minimum atomic E-state index is -3.53. The molecule has 2 unspecified atom stereocenters. The van der Waals surface area contributed by atoms with Gasteiger partial charge in [0.05, 0.1) is 49.7 Å². The average molecular weight is 1730 g/mol. The Balaban J connectivity index is 0.000000106. The van der Waals surface area contributed by atoms with Crippen LogP contribution in [0.15, 0.2) is 461 Å². The third-order valence-electron chi connectivity index (χ3n) is 26.5. The minimum Gasteiger partial charge on any atom is -0.309 e. The molecule has 7 heterocycles. The molecular formula is C118H76N7O3P3. The van der Waals surface area contributed by atoms with Gasteiger partial charge in [0.15, 0.2) is 21.4 Å². The van der Waals surface area contributed by atoms with Crippen LogP contribution in [0.4, 0.5) is 0 Å². The second-order valence-electron chi connectivity index (χ2n) is 33.7. The van der Waals surface area contributed by atoms with E-state index in [0.29, 0.717) is 0 Å². The summed E-state index contributed by atoms with van der Waals surface area (Å²) in [6.07, 6.45) is 3.44. The van der Waals surface area contributed by atoms with E-state index in [1.807, 2.05) is 140 Å². The lowest BCUT2D eigenvalue weighted by molar-refractivity contribution is 0.592. The fourth-order valence-corrected chi connectivity index (χ4v) is 29.3. The Kier molecular flexibility index (Phi) is 18.2. The molecule has 0 saturated carbocycles. The van der Waals surface area contributed by atoms with E-state index in [1.165, 1.54) is 0 Å². The zero-order valence-electron chi connectivity index (χ0n) is 70.6. The van der Waals surface area contributed by atoms with Crippen molar-refractivity contribution >= 4 is 238 Å². The monoisotopic (exact) mass is 1730 g/mol. The van der Waals surface area contributed by atoms with Gasteiger partial charge in [-0.05, 0) is 185 Å². The van der Waals surface area contributed by atoms with Crippen molar-refractivity contribution in [1.29, 1.82) is 0 Å². The van der Waals surface area contributed by atoms with Gasteiger partial charge in [-0.25, -0.2) is 15.0 Å². The highest BCUT2D eigenvalue weighted by molar-refractivity contribution is 7.87. The Hall–Kier alpha value is -16.1. The van der Waals surface area contributed by atoms with Crippen LogP contribution in [0.5, 0.6) is 0 Å². The molecular weight excluding hydrogens is 1660 g/mol. The zero-order chi connectivity index (χ0) is 87.0. The normalized spacial score (nSPS) is 12.9. The van der Waals surface area contributed by atoms with Crippen molar-refractivity contribution in [3.63, 3.8) is 0 Å². The first-order chi connectivity index (χ1) is 64.6. The summed E-state index contributed by atoms with van der Waals surface area (Å²) in [5.41, 5.74) is 14.1. The Bertz CT molecular complexity index is 9430. The van der Waals surface area contributed by atoms with Gasteiger partial charge in [0.1, 0.15) is 16.9 Å². The van der Waals surface area contributed by atoms with Crippen LogP contribution in [0.1, 0.15) is 0 Å². The van der Waals surface area contributed by atoms with E-state index >= 15 is 13.7 Å². The molecule has 616 valence electrons.